The van der Waals surface area contributed by atoms with E-state index in [2.05, 4.69) is 5.32 Å². The summed E-state index contributed by atoms with van der Waals surface area (Å²) in [7, 11) is -3.59. The second kappa shape index (κ2) is 8.12. The smallest absolute Gasteiger partial charge is 0.338 e. The second-order valence-electron chi connectivity index (χ2n) is 6.61. The minimum Gasteiger partial charge on any atom is -0.476 e. The molecule has 0 radical (unpaired) electrons. The Kier molecular flexibility index (Phi) is 5.78. The summed E-state index contributed by atoms with van der Waals surface area (Å²) in [4.78, 5) is 24.6. The predicted molar refractivity (Wildman–Crippen MR) is 109 cm³/mol. The van der Waals surface area contributed by atoms with Crippen molar-refractivity contribution in [3.63, 3.8) is 0 Å². The minimum absolute atomic E-state index is 0.137. The maximum atomic E-state index is 12.8. The van der Waals surface area contributed by atoms with Crippen LogP contribution in [0.3, 0.4) is 0 Å². The zero-order valence-electron chi connectivity index (χ0n) is 16.3. The molecule has 2 aromatic rings. The van der Waals surface area contributed by atoms with Crippen LogP contribution in [0.4, 0.5) is 11.4 Å². The number of ether oxygens (including phenoxy) is 2. The van der Waals surface area contributed by atoms with Crippen LogP contribution in [0.2, 0.25) is 0 Å². The van der Waals surface area contributed by atoms with Crippen LogP contribution in [0.1, 0.15) is 22.8 Å². The van der Waals surface area contributed by atoms with Gasteiger partial charge in [-0.1, -0.05) is 12.1 Å². The van der Waals surface area contributed by atoms with Crippen LogP contribution < -0.4 is 14.4 Å². The first-order valence-electron chi connectivity index (χ1n) is 9.02. The molecule has 0 saturated carbocycles. The molecule has 1 N–H and O–H groups in total. The molecule has 154 valence electrons. The molecule has 1 atom stereocenters. The van der Waals surface area contributed by atoms with Gasteiger partial charge in [-0.3, -0.25) is 9.10 Å². The Morgan fingerprint density at radius 3 is 2.62 bits per heavy atom. The average Bonchev–Trinajstić information content (AvgIpc) is 2.68. The molecule has 0 spiro atoms. The number of rotatable bonds is 5. The molecule has 0 aliphatic carbocycles. The van der Waals surface area contributed by atoms with Gasteiger partial charge in [0.25, 0.3) is 5.91 Å². The van der Waals surface area contributed by atoms with Crippen LogP contribution in [0, 0.1) is 6.92 Å². The van der Waals surface area contributed by atoms with E-state index in [9.17, 15) is 18.0 Å². The lowest BCUT2D eigenvalue weighted by Crippen LogP contribution is -2.48. The van der Waals surface area contributed by atoms with Crippen molar-refractivity contribution in [1.29, 1.82) is 0 Å². The number of benzene rings is 2. The monoisotopic (exact) mass is 418 g/mol. The number of sulfonamides is 1. The number of nitrogens with zero attached hydrogens (tertiary/aromatic N) is 1. The second-order valence-corrected chi connectivity index (χ2v) is 8.51. The quantitative estimate of drug-likeness (QED) is 0.748. The number of aryl methyl sites for hydroxylation is 1. The number of esters is 1. The van der Waals surface area contributed by atoms with E-state index in [0.29, 0.717) is 28.3 Å². The highest BCUT2D eigenvalue weighted by atomic mass is 32.2. The lowest BCUT2D eigenvalue weighted by atomic mass is 10.1. The number of amides is 1. The van der Waals surface area contributed by atoms with Crippen molar-refractivity contribution in [2.24, 2.45) is 0 Å². The highest BCUT2D eigenvalue weighted by Gasteiger charge is 2.35. The lowest BCUT2D eigenvalue weighted by molar-refractivity contribution is -0.122. The molecule has 9 heteroatoms. The number of anilines is 2. The van der Waals surface area contributed by atoms with Gasteiger partial charge in [-0.25, -0.2) is 13.2 Å². The third kappa shape index (κ3) is 4.51. The maximum absolute atomic E-state index is 12.8. The molecule has 0 unspecified atom stereocenters. The molecular weight excluding hydrogens is 396 g/mol. The molecule has 0 saturated heterocycles. The number of nitrogens with one attached hydrogen (secondary N) is 1. The average molecular weight is 418 g/mol. The van der Waals surface area contributed by atoms with Crippen molar-refractivity contribution in [1.82, 2.24) is 0 Å². The van der Waals surface area contributed by atoms with E-state index >= 15 is 0 Å². The molecule has 1 heterocycles. The van der Waals surface area contributed by atoms with Crippen LogP contribution in [0.25, 0.3) is 0 Å². The minimum atomic E-state index is -3.59. The standard InChI is InChI=1S/C20H22N2O6S/c1-4-27-20(24)14-9-10-15(13(2)11-14)21-19(23)18-12-22(29(3,25)26)16-7-5-6-8-17(16)28-18/h5-11,18H,4,12H2,1-3H3,(H,21,23)/t18-/m1/s1. The summed E-state index contributed by atoms with van der Waals surface area (Å²) in [6.45, 7) is 3.61. The van der Waals surface area contributed by atoms with Crippen LogP contribution >= 0.6 is 0 Å². The van der Waals surface area contributed by atoms with Gasteiger partial charge in [0.2, 0.25) is 10.0 Å². The van der Waals surface area contributed by atoms with Gasteiger partial charge in [0.05, 0.1) is 30.7 Å². The Bertz CT molecular complexity index is 1050. The molecule has 1 amide bonds. The van der Waals surface area contributed by atoms with Crippen molar-refractivity contribution in [2.45, 2.75) is 20.0 Å². The number of hydrogen-bond acceptors (Lipinski definition) is 6. The Labute approximate surface area is 169 Å². The Morgan fingerprint density at radius 2 is 1.97 bits per heavy atom. The summed E-state index contributed by atoms with van der Waals surface area (Å²) >= 11 is 0. The topological polar surface area (TPSA) is 102 Å². The molecule has 0 aromatic heterocycles. The van der Waals surface area contributed by atoms with E-state index in [4.69, 9.17) is 9.47 Å². The zero-order valence-corrected chi connectivity index (χ0v) is 17.2. The maximum Gasteiger partial charge on any atom is 0.338 e. The van der Waals surface area contributed by atoms with Crippen molar-refractivity contribution in [2.75, 3.05) is 29.0 Å². The highest BCUT2D eigenvalue weighted by molar-refractivity contribution is 7.92. The SMILES string of the molecule is CCOC(=O)c1ccc(NC(=O)[C@H]2CN(S(C)(=O)=O)c3ccccc3O2)c(C)c1. The number of para-hydroxylation sites is 2. The predicted octanol–water partition coefficient (Wildman–Crippen LogP) is 2.34. The summed E-state index contributed by atoms with van der Waals surface area (Å²) in [5, 5.41) is 2.74. The molecule has 1 aliphatic heterocycles. The van der Waals surface area contributed by atoms with Gasteiger partial charge < -0.3 is 14.8 Å². The molecule has 2 aromatic carbocycles. The van der Waals surface area contributed by atoms with Crippen LogP contribution in [0.15, 0.2) is 42.5 Å². The molecular formula is C20H22N2O6S. The number of hydrogen-bond donors (Lipinski definition) is 1. The normalized spacial score (nSPS) is 15.8. The first-order chi connectivity index (χ1) is 13.7. The fourth-order valence-electron chi connectivity index (χ4n) is 3.01. The van der Waals surface area contributed by atoms with Gasteiger partial charge in [0, 0.05) is 5.69 Å². The third-order valence-corrected chi connectivity index (χ3v) is 5.57. The van der Waals surface area contributed by atoms with E-state index in [1.54, 1.807) is 56.3 Å². The molecule has 8 nitrogen and oxygen atoms in total. The number of carbonyl (C=O) groups excluding carboxylic acids is 2. The molecule has 1 aliphatic rings. The Hall–Kier alpha value is -3.07. The fourth-order valence-corrected chi connectivity index (χ4v) is 3.93. The summed E-state index contributed by atoms with van der Waals surface area (Å²) in [6, 6.07) is 11.4. The summed E-state index contributed by atoms with van der Waals surface area (Å²) < 4.78 is 36.2. The van der Waals surface area contributed by atoms with Crippen molar-refractivity contribution < 1.29 is 27.5 Å². The van der Waals surface area contributed by atoms with Gasteiger partial charge in [0.1, 0.15) is 5.75 Å². The first kappa shape index (κ1) is 20.7. The third-order valence-electron chi connectivity index (χ3n) is 4.42. The van der Waals surface area contributed by atoms with Crippen molar-refractivity contribution in [3.05, 3.63) is 53.6 Å². The van der Waals surface area contributed by atoms with E-state index in [-0.39, 0.29) is 13.2 Å². The zero-order chi connectivity index (χ0) is 21.2. The molecule has 0 fully saturated rings. The van der Waals surface area contributed by atoms with Gasteiger partial charge in [-0.2, -0.15) is 0 Å². The summed E-state index contributed by atoms with van der Waals surface area (Å²) in [5.41, 5.74) is 1.94. The van der Waals surface area contributed by atoms with Crippen molar-refractivity contribution >= 4 is 33.3 Å². The highest BCUT2D eigenvalue weighted by Crippen LogP contribution is 2.34. The number of fused-ring (bicyclic) bond motifs is 1. The van der Waals surface area contributed by atoms with Crippen LogP contribution in [0.5, 0.6) is 5.75 Å². The lowest BCUT2D eigenvalue weighted by Gasteiger charge is -2.33. The molecule has 0 bridgehead atoms. The van der Waals surface area contributed by atoms with Crippen LogP contribution in [-0.4, -0.2) is 45.8 Å². The van der Waals surface area contributed by atoms with E-state index < -0.39 is 28.0 Å². The van der Waals surface area contributed by atoms with Gasteiger partial charge >= 0.3 is 5.97 Å². The molecule has 3 rings (SSSR count). The van der Waals surface area contributed by atoms with Crippen molar-refractivity contribution in [3.8, 4) is 5.75 Å². The Balaban J connectivity index is 1.80. The summed E-state index contributed by atoms with van der Waals surface area (Å²) in [6.07, 6.45) is 0.0613. The van der Waals surface area contributed by atoms with Gasteiger partial charge in [-0.15, -0.1) is 0 Å². The van der Waals surface area contributed by atoms with Crippen LogP contribution in [-0.2, 0) is 19.6 Å². The first-order valence-corrected chi connectivity index (χ1v) is 10.9. The van der Waals surface area contributed by atoms with Gasteiger partial charge in [-0.05, 0) is 49.7 Å². The van der Waals surface area contributed by atoms with E-state index in [0.717, 1.165) is 10.6 Å². The van der Waals surface area contributed by atoms with Gasteiger partial charge in [0.15, 0.2) is 6.10 Å². The van der Waals surface area contributed by atoms with E-state index in [1.165, 1.54) is 0 Å². The molecule has 29 heavy (non-hydrogen) atoms. The Morgan fingerprint density at radius 1 is 1.24 bits per heavy atom. The number of carbonyl (C=O) groups is 2. The summed E-state index contributed by atoms with van der Waals surface area (Å²) in [5.74, 6) is -0.608. The fraction of sp³-hybridized carbons (Fsp3) is 0.300. The largest absolute Gasteiger partial charge is 0.476 e. The van der Waals surface area contributed by atoms with E-state index in [1.807, 2.05) is 0 Å².